The van der Waals surface area contributed by atoms with Crippen molar-refractivity contribution in [2.45, 2.75) is 0 Å². The molecule has 0 saturated heterocycles. The highest BCUT2D eigenvalue weighted by Gasteiger charge is 1.37. The predicted octanol–water partition coefficient (Wildman–Crippen LogP) is -1.28. The zero-order valence-electron chi connectivity index (χ0n) is 3.15. The Morgan fingerprint density at radius 1 is 1.00 bits per heavy atom. The lowest BCUT2D eigenvalue weighted by Gasteiger charge is -1.47. The molecule has 0 atom stereocenters. The summed E-state index contributed by atoms with van der Waals surface area (Å²) in [5, 5.41) is 0. The molecule has 0 nitrogen and oxygen atoms in total. The lowest BCUT2D eigenvalue weighted by atomic mass is 10.0. The highest BCUT2D eigenvalue weighted by atomic mass is 13.1. The molecule has 0 unspecified atom stereocenters. The molecule has 0 N–H and O–H groups in total. The summed E-state index contributed by atoms with van der Waals surface area (Å²) in [5.74, 6) is 4.00. The third-order valence-electron chi connectivity index (χ3n) is 0.333. The van der Waals surface area contributed by atoms with E-state index >= 15 is 0 Å². The third kappa shape index (κ3) is 1.87. The topological polar surface area (TPSA) is 0 Å². The summed E-state index contributed by atoms with van der Waals surface area (Å²) < 4.78 is 0. The van der Waals surface area contributed by atoms with E-state index in [1.807, 2.05) is 27.6 Å². The van der Waals surface area contributed by atoms with E-state index in [0.717, 1.165) is 0 Å². The molecule has 0 aliphatic rings. The summed E-state index contributed by atoms with van der Waals surface area (Å²) in [6, 6.07) is 0. The molecular formula is C2H6B2. The van der Waals surface area contributed by atoms with Gasteiger partial charge in [0.2, 0.25) is 0 Å². The molecule has 0 spiro atoms. The molecule has 4 heavy (non-hydrogen) atoms. The van der Waals surface area contributed by atoms with Crippen molar-refractivity contribution in [2.24, 2.45) is 0 Å². The minimum atomic E-state index is 2.00. The zero-order valence-corrected chi connectivity index (χ0v) is 3.15. The van der Waals surface area contributed by atoms with Crippen LogP contribution in [0.5, 0.6) is 0 Å². The van der Waals surface area contributed by atoms with E-state index in [0.29, 0.717) is 0 Å². The summed E-state index contributed by atoms with van der Waals surface area (Å²) in [7, 11) is 4.00. The Balaban J connectivity index is 2.55. The van der Waals surface area contributed by atoms with E-state index in [1.165, 1.54) is 0 Å². The Labute approximate surface area is 28.7 Å². The fourth-order valence-electron chi connectivity index (χ4n) is 0. The molecule has 0 heterocycles. The maximum absolute atomic E-state index is 2.00. The largest absolute Gasteiger partial charge is 0.137 e. The van der Waals surface area contributed by atoms with Gasteiger partial charge in [-0.25, -0.2) is 0 Å². The van der Waals surface area contributed by atoms with Crippen LogP contribution in [-0.4, -0.2) is 15.7 Å². The monoisotopic (exact) mass is 52.1 g/mol. The lowest BCUT2D eigenvalue weighted by Crippen LogP contribution is -1.47. The minimum absolute atomic E-state index is 2.00. The van der Waals surface area contributed by atoms with Gasteiger partial charge in [0.25, 0.3) is 0 Å². The second-order valence-corrected chi connectivity index (χ2v) is 0.667. The van der Waals surface area contributed by atoms with Crippen molar-refractivity contribution < 1.29 is 0 Å². The summed E-state index contributed by atoms with van der Waals surface area (Å²) >= 11 is 0. The third-order valence-corrected chi connectivity index (χ3v) is 0.333. The standard InChI is InChI=1S/C2H6B2/c3-1-2-4/h1-2H,3-4H2/b2-1+. The van der Waals surface area contributed by atoms with Gasteiger partial charge in [0.15, 0.2) is 0 Å². The van der Waals surface area contributed by atoms with Gasteiger partial charge in [0.1, 0.15) is 15.7 Å². The van der Waals surface area contributed by atoms with Crippen LogP contribution in [-0.2, 0) is 0 Å². The van der Waals surface area contributed by atoms with Crippen LogP contribution in [0, 0.1) is 0 Å². The smallest absolute Gasteiger partial charge is 0.128 e. The van der Waals surface area contributed by atoms with Crippen LogP contribution in [0.4, 0.5) is 0 Å². The zero-order chi connectivity index (χ0) is 3.41. The summed E-state index contributed by atoms with van der Waals surface area (Å²) in [6.07, 6.45) is 0. The Kier molecular flexibility index (Phi) is 2.78. The minimum Gasteiger partial charge on any atom is -0.137 e. The molecule has 0 radical (unpaired) electrons. The molecule has 0 aromatic carbocycles. The van der Waals surface area contributed by atoms with Crippen molar-refractivity contribution in [1.29, 1.82) is 0 Å². The number of rotatable bonds is 0. The molecule has 0 amide bonds. The second kappa shape index (κ2) is 2.87. The van der Waals surface area contributed by atoms with Gasteiger partial charge in [-0.15, -0.1) is 12.0 Å². The van der Waals surface area contributed by atoms with Crippen LogP contribution in [0.1, 0.15) is 0 Å². The predicted molar refractivity (Wildman–Crippen MR) is 26.2 cm³/mol. The molecule has 2 heteroatoms. The molecule has 20 valence electrons. The number of hydrogen-bond acceptors (Lipinski definition) is 0. The van der Waals surface area contributed by atoms with Crippen LogP contribution in [0.25, 0.3) is 0 Å². The van der Waals surface area contributed by atoms with Crippen LogP contribution < -0.4 is 0 Å². The molecule has 0 rings (SSSR count). The first-order valence-electron chi connectivity index (χ1n) is 1.49. The molecule has 0 aromatic rings. The maximum atomic E-state index is 2.00. The van der Waals surface area contributed by atoms with Gasteiger partial charge in [-0.2, -0.15) is 0 Å². The first kappa shape index (κ1) is 3.87. The van der Waals surface area contributed by atoms with Crippen molar-refractivity contribution >= 4 is 15.7 Å². The van der Waals surface area contributed by atoms with Gasteiger partial charge in [-0.05, 0) is 0 Å². The Morgan fingerprint density at radius 3 is 1.25 bits per heavy atom. The molecular weight excluding hydrogens is 45.6 g/mol. The first-order chi connectivity index (χ1) is 1.91. The summed E-state index contributed by atoms with van der Waals surface area (Å²) in [6.45, 7) is 0. The molecule has 0 saturated carbocycles. The highest BCUT2D eigenvalue weighted by molar-refractivity contribution is 6.25. The van der Waals surface area contributed by atoms with Gasteiger partial charge >= 0.3 is 0 Å². The van der Waals surface area contributed by atoms with Crippen molar-refractivity contribution in [1.82, 2.24) is 0 Å². The first-order valence-corrected chi connectivity index (χ1v) is 1.49. The van der Waals surface area contributed by atoms with Gasteiger partial charge in [-0.3, -0.25) is 0 Å². The van der Waals surface area contributed by atoms with Gasteiger partial charge in [-0.1, -0.05) is 0 Å². The Morgan fingerprint density at radius 2 is 1.25 bits per heavy atom. The summed E-state index contributed by atoms with van der Waals surface area (Å²) in [5.41, 5.74) is 0. The molecule has 0 fully saturated rings. The van der Waals surface area contributed by atoms with Crippen molar-refractivity contribution in [3.8, 4) is 0 Å². The van der Waals surface area contributed by atoms with Crippen molar-refractivity contribution in [3.05, 3.63) is 12.0 Å². The fourth-order valence-corrected chi connectivity index (χ4v) is 0. The SMILES string of the molecule is B/C=C/B. The van der Waals surface area contributed by atoms with E-state index in [4.69, 9.17) is 0 Å². The van der Waals surface area contributed by atoms with Gasteiger partial charge in [0, 0.05) is 0 Å². The quantitative estimate of drug-likeness (QED) is 0.301. The Bertz CT molecular complexity index is 19.2. The van der Waals surface area contributed by atoms with Crippen LogP contribution in [0.15, 0.2) is 12.0 Å². The summed E-state index contributed by atoms with van der Waals surface area (Å²) in [4.78, 5) is 0. The van der Waals surface area contributed by atoms with E-state index in [-0.39, 0.29) is 0 Å². The van der Waals surface area contributed by atoms with Gasteiger partial charge in [0.05, 0.1) is 0 Å². The molecule has 0 aromatic heterocycles. The number of hydrogen-bond donors (Lipinski definition) is 0. The van der Waals surface area contributed by atoms with Crippen molar-refractivity contribution in [3.63, 3.8) is 0 Å². The van der Waals surface area contributed by atoms with Crippen LogP contribution in [0.3, 0.4) is 0 Å². The Hall–Kier alpha value is -0.130. The van der Waals surface area contributed by atoms with Crippen LogP contribution in [0.2, 0.25) is 0 Å². The second-order valence-electron chi connectivity index (χ2n) is 0.667. The molecule has 0 bridgehead atoms. The van der Waals surface area contributed by atoms with E-state index in [1.54, 1.807) is 0 Å². The van der Waals surface area contributed by atoms with E-state index in [2.05, 4.69) is 0 Å². The van der Waals surface area contributed by atoms with Crippen molar-refractivity contribution in [2.75, 3.05) is 0 Å². The average molecular weight is 51.7 g/mol. The molecule has 0 aliphatic carbocycles. The van der Waals surface area contributed by atoms with E-state index < -0.39 is 0 Å². The lowest BCUT2D eigenvalue weighted by molar-refractivity contribution is 2.50. The highest BCUT2D eigenvalue weighted by Crippen LogP contribution is 1.42. The molecule has 0 aliphatic heterocycles. The van der Waals surface area contributed by atoms with Crippen LogP contribution >= 0.6 is 0 Å². The average Bonchev–Trinajstić information content (AvgIpc) is 1.37. The fraction of sp³-hybridized carbons (Fsp3) is 0. The van der Waals surface area contributed by atoms with Gasteiger partial charge < -0.3 is 0 Å². The van der Waals surface area contributed by atoms with E-state index in [9.17, 15) is 0 Å². The normalized spacial score (nSPS) is 9.00. The maximum Gasteiger partial charge on any atom is 0.128 e.